The largest absolute Gasteiger partial charge is 0.389 e. The number of piperidine rings is 1. The zero-order valence-electron chi connectivity index (χ0n) is 17.6. The summed E-state index contributed by atoms with van der Waals surface area (Å²) in [6, 6.07) is 5.09. The molecule has 11 heteroatoms. The van der Waals surface area contributed by atoms with Gasteiger partial charge in [-0.15, -0.1) is 0 Å². The fourth-order valence-corrected chi connectivity index (χ4v) is 4.48. The highest BCUT2D eigenvalue weighted by molar-refractivity contribution is 7.19. The number of amides is 1. The zero-order chi connectivity index (χ0) is 23.3. The van der Waals surface area contributed by atoms with Crippen molar-refractivity contribution in [2.24, 2.45) is 16.6 Å². The molecule has 9 nitrogen and oxygen atoms in total. The van der Waals surface area contributed by atoms with Crippen LogP contribution < -0.4 is 16.8 Å². The van der Waals surface area contributed by atoms with E-state index in [2.05, 4.69) is 15.3 Å². The Hall–Kier alpha value is -3.36. The summed E-state index contributed by atoms with van der Waals surface area (Å²) >= 11 is 0.956. The number of rotatable bonds is 6. The number of nitrogens with zero attached hydrogens (tertiary/aromatic N) is 4. The van der Waals surface area contributed by atoms with Crippen molar-refractivity contribution in [3.8, 4) is 16.6 Å². The molecule has 0 spiro atoms. The molecule has 2 aromatic rings. The molecule has 1 aromatic heterocycles. The Labute approximate surface area is 189 Å². The molecule has 1 unspecified atom stereocenters. The number of thiazole rings is 1. The van der Waals surface area contributed by atoms with E-state index in [1.807, 2.05) is 11.0 Å². The van der Waals surface area contributed by atoms with E-state index in [4.69, 9.17) is 22.1 Å². The van der Waals surface area contributed by atoms with Gasteiger partial charge in [-0.05, 0) is 43.5 Å². The smallest absolute Gasteiger partial charge is 0.273 e. The molecule has 1 aromatic carbocycles. The number of nitrogen functional groups attached to an aromatic ring is 1. The summed E-state index contributed by atoms with van der Waals surface area (Å²) in [5.74, 6) is -0.118. The van der Waals surface area contributed by atoms with Crippen molar-refractivity contribution in [1.29, 1.82) is 10.7 Å². The first kappa shape index (κ1) is 23.3. The minimum absolute atomic E-state index is 0.0593. The van der Waals surface area contributed by atoms with E-state index in [1.54, 1.807) is 7.05 Å². The molecule has 2 heterocycles. The van der Waals surface area contributed by atoms with Gasteiger partial charge >= 0.3 is 0 Å². The van der Waals surface area contributed by atoms with E-state index in [-0.39, 0.29) is 26.8 Å². The quantitative estimate of drug-likeness (QED) is 0.384. The van der Waals surface area contributed by atoms with Gasteiger partial charge in [-0.25, -0.2) is 9.37 Å². The first-order valence-electron chi connectivity index (χ1n) is 10.1. The molecule has 0 bridgehead atoms. The molecule has 1 aliphatic heterocycles. The Bertz CT molecular complexity index is 1070. The van der Waals surface area contributed by atoms with Gasteiger partial charge in [0.2, 0.25) is 0 Å². The summed E-state index contributed by atoms with van der Waals surface area (Å²) in [6.45, 7) is 2.12. The van der Waals surface area contributed by atoms with Crippen LogP contribution in [0.25, 0.3) is 10.6 Å². The highest BCUT2D eigenvalue weighted by Crippen LogP contribution is 2.32. The third-order valence-corrected chi connectivity index (χ3v) is 6.34. The predicted octanol–water partition coefficient (Wildman–Crippen LogP) is 1.85. The number of hydrogen-bond donors (Lipinski definition) is 4. The third kappa shape index (κ3) is 4.92. The van der Waals surface area contributed by atoms with Gasteiger partial charge in [0.05, 0.1) is 11.6 Å². The van der Waals surface area contributed by atoms with Crippen molar-refractivity contribution in [2.75, 3.05) is 32.4 Å². The van der Waals surface area contributed by atoms with Crippen molar-refractivity contribution in [2.45, 2.75) is 18.9 Å². The zero-order valence-corrected chi connectivity index (χ0v) is 18.5. The fraction of sp³-hybridized carbons (Fsp3) is 0.381. The number of carbonyl (C=O) groups is 1. The number of aromatic nitrogens is 1. The Morgan fingerprint density at radius 1 is 1.53 bits per heavy atom. The summed E-state index contributed by atoms with van der Waals surface area (Å²) in [7, 11) is 1.62. The molecule has 1 aliphatic rings. The topological polar surface area (TPSA) is 157 Å². The monoisotopic (exact) mass is 456 g/mol. The number of likely N-dealkylation sites (tertiary alicyclic amines) is 1. The van der Waals surface area contributed by atoms with Crippen molar-refractivity contribution < 1.29 is 9.18 Å². The molecule has 6 N–H and O–H groups in total. The standard InChI is InChI=1S/C21H25FN8OS/c1-27-19(30-6-4-12(9-23)5-7-30)16(11-25)28-20(31)17-18(26)32-21(29-17)14-8-13(10-24)2-3-15(14)22/h2-3,8,11-12,16,25H,4-7,9,23,26H2,1H3,(H,28,31). The van der Waals surface area contributed by atoms with Crippen LogP contribution in [0.15, 0.2) is 23.2 Å². The molecule has 3 rings (SSSR count). The SMILES string of the molecule is CN=C(C(C=N)NC(=O)c1nc(-c2cc(C#N)ccc2F)sc1N)N1CCC(CN)CC1. The third-order valence-electron chi connectivity index (χ3n) is 5.43. The molecular formula is C21H25FN8OS. The van der Waals surface area contributed by atoms with E-state index in [1.165, 1.54) is 18.2 Å². The fourth-order valence-electron chi connectivity index (χ4n) is 3.63. The minimum atomic E-state index is -0.759. The number of amidine groups is 1. The Balaban J connectivity index is 1.79. The van der Waals surface area contributed by atoms with Crippen LogP contribution in [0, 0.1) is 28.5 Å². The van der Waals surface area contributed by atoms with E-state index < -0.39 is 17.8 Å². The molecule has 1 atom stereocenters. The number of nitriles is 1. The molecule has 0 saturated carbocycles. The Kier molecular flexibility index (Phi) is 7.50. The van der Waals surface area contributed by atoms with Crippen molar-refractivity contribution >= 4 is 34.3 Å². The van der Waals surface area contributed by atoms with Gasteiger partial charge in [-0.2, -0.15) is 5.26 Å². The summed E-state index contributed by atoms with van der Waals surface area (Å²) in [6.07, 6.45) is 2.95. The van der Waals surface area contributed by atoms with Crippen LogP contribution in [0.1, 0.15) is 28.9 Å². The first-order chi connectivity index (χ1) is 15.4. The molecule has 1 fully saturated rings. The summed E-state index contributed by atoms with van der Waals surface area (Å²) in [4.78, 5) is 23.5. The van der Waals surface area contributed by atoms with Crippen LogP contribution in [0.3, 0.4) is 0 Å². The van der Waals surface area contributed by atoms with Crippen LogP contribution in [-0.2, 0) is 0 Å². The lowest BCUT2D eigenvalue weighted by molar-refractivity contribution is 0.0949. The minimum Gasteiger partial charge on any atom is -0.389 e. The van der Waals surface area contributed by atoms with Gasteiger partial charge in [0, 0.05) is 31.9 Å². The number of anilines is 1. The molecule has 32 heavy (non-hydrogen) atoms. The number of benzene rings is 1. The number of halogens is 1. The van der Waals surface area contributed by atoms with Crippen LogP contribution in [0.2, 0.25) is 0 Å². The van der Waals surface area contributed by atoms with Crippen LogP contribution in [-0.4, -0.2) is 60.6 Å². The molecular weight excluding hydrogens is 431 g/mol. The lowest BCUT2D eigenvalue weighted by atomic mass is 9.96. The number of aliphatic imine (C=N–C) groups is 1. The van der Waals surface area contributed by atoms with E-state index in [0.29, 0.717) is 18.3 Å². The van der Waals surface area contributed by atoms with Crippen LogP contribution in [0.5, 0.6) is 0 Å². The highest BCUT2D eigenvalue weighted by atomic mass is 32.1. The first-order valence-corrected chi connectivity index (χ1v) is 10.9. The number of hydrogen-bond acceptors (Lipinski definition) is 8. The average Bonchev–Trinajstić information content (AvgIpc) is 3.20. The maximum absolute atomic E-state index is 14.3. The van der Waals surface area contributed by atoms with Crippen molar-refractivity contribution in [3.05, 3.63) is 35.3 Å². The van der Waals surface area contributed by atoms with E-state index in [0.717, 1.165) is 43.5 Å². The van der Waals surface area contributed by atoms with Crippen LogP contribution >= 0.6 is 11.3 Å². The van der Waals surface area contributed by atoms with Gasteiger partial charge in [0.25, 0.3) is 5.91 Å². The number of nitrogens with one attached hydrogen (secondary N) is 2. The normalized spacial score (nSPS) is 15.8. The summed E-state index contributed by atoms with van der Waals surface area (Å²) < 4.78 is 14.3. The Morgan fingerprint density at radius 2 is 2.25 bits per heavy atom. The van der Waals surface area contributed by atoms with Crippen molar-refractivity contribution in [3.63, 3.8) is 0 Å². The second-order valence-electron chi connectivity index (χ2n) is 7.40. The summed E-state index contributed by atoms with van der Waals surface area (Å²) in [5.41, 5.74) is 12.1. The molecule has 1 amide bonds. The maximum atomic E-state index is 14.3. The number of nitrogens with two attached hydrogens (primary N) is 2. The van der Waals surface area contributed by atoms with Crippen molar-refractivity contribution in [1.82, 2.24) is 15.2 Å². The van der Waals surface area contributed by atoms with E-state index in [9.17, 15) is 9.18 Å². The molecule has 168 valence electrons. The van der Waals surface area contributed by atoms with Gasteiger partial charge in [-0.3, -0.25) is 9.79 Å². The second kappa shape index (κ2) is 10.3. The highest BCUT2D eigenvalue weighted by Gasteiger charge is 2.28. The lowest BCUT2D eigenvalue weighted by Gasteiger charge is -2.35. The second-order valence-corrected chi connectivity index (χ2v) is 8.43. The predicted molar refractivity (Wildman–Crippen MR) is 123 cm³/mol. The summed E-state index contributed by atoms with van der Waals surface area (Å²) in [5, 5.41) is 19.9. The molecule has 0 aliphatic carbocycles. The van der Waals surface area contributed by atoms with Gasteiger partial charge in [-0.1, -0.05) is 11.3 Å². The van der Waals surface area contributed by atoms with E-state index >= 15 is 0 Å². The van der Waals surface area contributed by atoms with Crippen LogP contribution in [0.4, 0.5) is 9.39 Å². The van der Waals surface area contributed by atoms with Gasteiger partial charge < -0.3 is 27.1 Å². The molecule has 0 radical (unpaired) electrons. The van der Waals surface area contributed by atoms with Gasteiger partial charge in [0.1, 0.15) is 27.7 Å². The maximum Gasteiger partial charge on any atom is 0.273 e. The molecule has 1 saturated heterocycles. The number of carbonyl (C=O) groups excluding carboxylic acids is 1. The Morgan fingerprint density at radius 3 is 2.84 bits per heavy atom. The average molecular weight is 457 g/mol. The van der Waals surface area contributed by atoms with Gasteiger partial charge in [0.15, 0.2) is 5.69 Å². The lowest BCUT2D eigenvalue weighted by Crippen LogP contribution is -2.52.